The number of amides is 1. The standard InChI is InChI=1S/C14H17NO3S/c1-10-4-2-3-5-11(10)6-7-13(16)15-9-19-8-12(15)14(17)18/h2-5,12H,6-9H2,1H3,(H,17,18). The van der Waals surface area contributed by atoms with Crippen molar-refractivity contribution in [3.05, 3.63) is 35.4 Å². The van der Waals surface area contributed by atoms with Gasteiger partial charge in [-0.3, -0.25) is 4.79 Å². The number of hydrogen-bond donors (Lipinski definition) is 1. The number of aliphatic carboxylic acids is 1. The van der Waals surface area contributed by atoms with E-state index < -0.39 is 12.0 Å². The number of carboxylic acids is 1. The zero-order valence-electron chi connectivity index (χ0n) is 10.8. The molecule has 1 aliphatic rings. The van der Waals surface area contributed by atoms with Crippen molar-refractivity contribution in [3.8, 4) is 0 Å². The number of aryl methyl sites for hydroxylation is 2. The molecule has 1 N–H and O–H groups in total. The molecule has 0 saturated carbocycles. The van der Waals surface area contributed by atoms with Crippen molar-refractivity contribution in [2.24, 2.45) is 0 Å². The van der Waals surface area contributed by atoms with Crippen LogP contribution in [-0.2, 0) is 16.0 Å². The number of carbonyl (C=O) groups excluding carboxylic acids is 1. The third-order valence-corrected chi connectivity index (χ3v) is 4.37. The van der Waals surface area contributed by atoms with Crippen LogP contribution < -0.4 is 0 Å². The van der Waals surface area contributed by atoms with Crippen molar-refractivity contribution in [2.45, 2.75) is 25.8 Å². The van der Waals surface area contributed by atoms with E-state index in [-0.39, 0.29) is 5.91 Å². The van der Waals surface area contributed by atoms with E-state index in [2.05, 4.69) is 0 Å². The Hall–Kier alpha value is -1.49. The molecule has 0 radical (unpaired) electrons. The maximum atomic E-state index is 12.1. The van der Waals surface area contributed by atoms with Crippen LogP contribution in [0.3, 0.4) is 0 Å². The monoisotopic (exact) mass is 279 g/mol. The summed E-state index contributed by atoms with van der Waals surface area (Å²) in [6, 6.07) is 7.30. The minimum Gasteiger partial charge on any atom is -0.480 e. The smallest absolute Gasteiger partial charge is 0.327 e. The predicted octanol–water partition coefficient (Wildman–Crippen LogP) is 1.91. The highest BCUT2D eigenvalue weighted by Gasteiger charge is 2.34. The highest BCUT2D eigenvalue weighted by molar-refractivity contribution is 7.99. The molecule has 1 aliphatic heterocycles. The van der Waals surface area contributed by atoms with E-state index in [1.54, 1.807) is 0 Å². The molecule has 0 spiro atoms. The lowest BCUT2D eigenvalue weighted by Gasteiger charge is -2.20. The molecular weight excluding hydrogens is 262 g/mol. The van der Waals surface area contributed by atoms with Crippen LogP contribution in [0.2, 0.25) is 0 Å². The van der Waals surface area contributed by atoms with Gasteiger partial charge in [0.05, 0.1) is 5.88 Å². The molecular formula is C14H17NO3S. The minimum atomic E-state index is -0.908. The third kappa shape index (κ3) is 3.29. The zero-order chi connectivity index (χ0) is 13.8. The van der Waals surface area contributed by atoms with Crippen molar-refractivity contribution in [3.63, 3.8) is 0 Å². The Morgan fingerprint density at radius 3 is 2.84 bits per heavy atom. The summed E-state index contributed by atoms with van der Waals surface area (Å²) in [7, 11) is 0. The zero-order valence-corrected chi connectivity index (χ0v) is 11.7. The van der Waals surface area contributed by atoms with Gasteiger partial charge >= 0.3 is 5.97 Å². The van der Waals surface area contributed by atoms with E-state index >= 15 is 0 Å². The highest BCUT2D eigenvalue weighted by atomic mass is 32.2. The molecule has 1 heterocycles. The Morgan fingerprint density at radius 1 is 1.42 bits per heavy atom. The lowest BCUT2D eigenvalue weighted by Crippen LogP contribution is -2.41. The Bertz CT molecular complexity index is 489. The molecule has 2 rings (SSSR count). The second-order valence-corrected chi connectivity index (χ2v) is 5.64. The summed E-state index contributed by atoms with van der Waals surface area (Å²) >= 11 is 1.50. The molecule has 0 aromatic heterocycles. The maximum absolute atomic E-state index is 12.1. The van der Waals surface area contributed by atoms with Crippen molar-refractivity contribution in [1.29, 1.82) is 0 Å². The van der Waals surface area contributed by atoms with Crippen molar-refractivity contribution in [2.75, 3.05) is 11.6 Å². The largest absolute Gasteiger partial charge is 0.480 e. The fourth-order valence-electron chi connectivity index (χ4n) is 2.17. The second-order valence-electron chi connectivity index (χ2n) is 4.64. The molecule has 1 aromatic carbocycles. The van der Waals surface area contributed by atoms with Gasteiger partial charge in [-0.25, -0.2) is 4.79 Å². The SMILES string of the molecule is Cc1ccccc1CCC(=O)N1CSCC1C(=O)O. The summed E-state index contributed by atoms with van der Waals surface area (Å²) in [6.07, 6.45) is 1.04. The number of nitrogens with zero attached hydrogens (tertiary/aromatic N) is 1. The summed E-state index contributed by atoms with van der Waals surface area (Å²) in [5.41, 5.74) is 2.32. The molecule has 1 saturated heterocycles. The topological polar surface area (TPSA) is 57.6 Å². The lowest BCUT2D eigenvalue weighted by molar-refractivity contribution is -0.147. The highest BCUT2D eigenvalue weighted by Crippen LogP contribution is 2.22. The van der Waals surface area contributed by atoms with Crippen LogP contribution in [0.5, 0.6) is 0 Å². The number of carbonyl (C=O) groups is 2. The van der Waals surface area contributed by atoms with Crippen molar-refractivity contribution < 1.29 is 14.7 Å². The number of carboxylic acid groups (broad SMARTS) is 1. The first-order valence-corrected chi connectivity index (χ1v) is 7.39. The van der Waals surface area contributed by atoms with Crippen LogP contribution in [0.4, 0.5) is 0 Å². The predicted molar refractivity (Wildman–Crippen MR) is 75.1 cm³/mol. The van der Waals surface area contributed by atoms with Crippen molar-refractivity contribution >= 4 is 23.6 Å². The average Bonchev–Trinajstić information content (AvgIpc) is 2.87. The molecule has 1 atom stereocenters. The minimum absolute atomic E-state index is 0.0688. The van der Waals surface area contributed by atoms with Gasteiger partial charge < -0.3 is 10.0 Å². The van der Waals surface area contributed by atoms with E-state index in [1.165, 1.54) is 22.2 Å². The molecule has 1 unspecified atom stereocenters. The Morgan fingerprint density at radius 2 is 2.16 bits per heavy atom. The van der Waals surface area contributed by atoms with Crippen LogP contribution in [0.25, 0.3) is 0 Å². The van der Waals surface area contributed by atoms with E-state index in [4.69, 9.17) is 5.11 Å². The van der Waals surface area contributed by atoms with Crippen LogP contribution in [-0.4, -0.2) is 39.6 Å². The molecule has 0 aliphatic carbocycles. The van der Waals surface area contributed by atoms with E-state index in [9.17, 15) is 9.59 Å². The van der Waals surface area contributed by atoms with Gasteiger partial charge in [-0.1, -0.05) is 24.3 Å². The van der Waals surface area contributed by atoms with E-state index in [0.717, 1.165) is 5.56 Å². The van der Waals surface area contributed by atoms with Crippen LogP contribution in [0.15, 0.2) is 24.3 Å². The summed E-state index contributed by atoms with van der Waals surface area (Å²) < 4.78 is 0. The normalized spacial score (nSPS) is 18.6. The molecule has 1 aromatic rings. The van der Waals surface area contributed by atoms with Gasteiger partial charge in [-0.05, 0) is 24.5 Å². The molecule has 1 fully saturated rings. The van der Waals surface area contributed by atoms with Gasteiger partial charge in [0, 0.05) is 12.2 Å². The Kier molecular flexibility index (Phi) is 4.47. The molecule has 5 heteroatoms. The van der Waals surface area contributed by atoms with Gasteiger partial charge in [-0.15, -0.1) is 11.8 Å². The maximum Gasteiger partial charge on any atom is 0.327 e. The number of thioether (sulfide) groups is 1. The van der Waals surface area contributed by atoms with E-state index in [0.29, 0.717) is 24.5 Å². The fraction of sp³-hybridized carbons (Fsp3) is 0.429. The molecule has 0 bridgehead atoms. The van der Waals surface area contributed by atoms with Gasteiger partial charge in [0.2, 0.25) is 5.91 Å². The first-order valence-electron chi connectivity index (χ1n) is 6.24. The summed E-state index contributed by atoms with van der Waals surface area (Å²) in [5.74, 6) is 0.00421. The second kappa shape index (κ2) is 6.10. The fourth-order valence-corrected chi connectivity index (χ4v) is 3.34. The van der Waals surface area contributed by atoms with E-state index in [1.807, 2.05) is 31.2 Å². The third-order valence-electron chi connectivity index (χ3n) is 3.36. The number of hydrogen-bond acceptors (Lipinski definition) is 3. The van der Waals surface area contributed by atoms with Crippen molar-refractivity contribution in [1.82, 2.24) is 4.90 Å². The first-order chi connectivity index (χ1) is 9.09. The molecule has 102 valence electrons. The quantitative estimate of drug-likeness (QED) is 0.914. The number of benzene rings is 1. The van der Waals surface area contributed by atoms with Crippen LogP contribution in [0.1, 0.15) is 17.5 Å². The first kappa shape index (κ1) is 13.9. The van der Waals surface area contributed by atoms with Gasteiger partial charge in [-0.2, -0.15) is 0 Å². The van der Waals surface area contributed by atoms with Gasteiger partial charge in [0.25, 0.3) is 0 Å². The number of rotatable bonds is 4. The van der Waals surface area contributed by atoms with Gasteiger partial charge in [0.15, 0.2) is 0 Å². The van der Waals surface area contributed by atoms with Crippen LogP contribution >= 0.6 is 11.8 Å². The summed E-state index contributed by atoms with van der Waals surface area (Å²) in [4.78, 5) is 24.6. The average molecular weight is 279 g/mol. The van der Waals surface area contributed by atoms with Crippen LogP contribution in [0, 0.1) is 6.92 Å². The molecule has 4 nitrogen and oxygen atoms in total. The summed E-state index contributed by atoms with van der Waals surface area (Å²) in [5, 5.41) is 9.05. The summed E-state index contributed by atoms with van der Waals surface area (Å²) in [6.45, 7) is 2.02. The Balaban J connectivity index is 1.95. The molecule has 1 amide bonds. The van der Waals surface area contributed by atoms with Gasteiger partial charge in [0.1, 0.15) is 6.04 Å². The molecule has 19 heavy (non-hydrogen) atoms. The lowest BCUT2D eigenvalue weighted by atomic mass is 10.0. The Labute approximate surface area is 116 Å².